The molecule has 2 heterocycles. The van der Waals surface area contributed by atoms with E-state index in [1.807, 2.05) is 0 Å². The monoisotopic (exact) mass is 864 g/mol. The molecule has 53 heavy (non-hydrogen) atoms. The van der Waals surface area contributed by atoms with E-state index < -0.39 is 31.2 Å². The van der Waals surface area contributed by atoms with Crippen LogP contribution in [0.15, 0.2) is 24.3 Å². The van der Waals surface area contributed by atoms with Gasteiger partial charge in [-0.1, -0.05) is 25.6 Å². The molecule has 0 spiro atoms. The molecule has 4 rings (SSSR count). The van der Waals surface area contributed by atoms with Crippen LogP contribution in [0.1, 0.15) is 79.7 Å². The van der Waals surface area contributed by atoms with Crippen LogP contribution in [0.2, 0.25) is 19.6 Å². The van der Waals surface area contributed by atoms with Crippen LogP contribution in [-0.2, 0) is 28.5 Å². The average Bonchev–Trinajstić information content (AvgIpc) is 3.09. The third-order valence-electron chi connectivity index (χ3n) is 8.32. The van der Waals surface area contributed by atoms with E-state index in [1.165, 1.54) is 14.2 Å². The third kappa shape index (κ3) is 11.2. The van der Waals surface area contributed by atoms with E-state index in [-0.39, 0.29) is 11.8 Å². The molecule has 0 unspecified atom stereocenters. The van der Waals surface area contributed by atoms with Gasteiger partial charge in [-0.05, 0) is 100 Å². The van der Waals surface area contributed by atoms with Gasteiger partial charge >= 0.3 is 11.9 Å². The molecule has 2 amide bonds. The number of nitrogens with zero attached hydrogens (tertiary/aromatic N) is 2. The van der Waals surface area contributed by atoms with Crippen LogP contribution >= 0.6 is 22.6 Å². The number of carbonyl (C=O) groups excluding carboxylic acids is 4. The minimum Gasteiger partial charge on any atom is -0.476 e. The Morgan fingerprint density at radius 3 is 1.58 bits per heavy atom. The molecule has 2 aromatic rings. The number of carbonyl (C=O) groups is 4. The molecule has 290 valence electrons. The SMILES string of the molecule is COCCCCN1C(=O)C(C)(C)Oc2cc(C#C[Si](C)(C)C)c(C(=O)OC)cc21.COCCCCN1C(=O)C(C)(C)Oc2cc(I)c(C(=O)OC)cc21. The number of amides is 2. The van der Waals surface area contributed by atoms with Crippen LogP contribution in [0.3, 0.4) is 0 Å². The number of benzene rings is 2. The number of hydrogen-bond acceptors (Lipinski definition) is 10. The van der Waals surface area contributed by atoms with Gasteiger partial charge in [-0.3, -0.25) is 9.59 Å². The van der Waals surface area contributed by atoms with E-state index in [1.54, 1.807) is 76.0 Å². The second-order valence-electron chi connectivity index (χ2n) is 14.7. The summed E-state index contributed by atoms with van der Waals surface area (Å²) in [5, 5.41) is 0. The van der Waals surface area contributed by atoms with Crippen molar-refractivity contribution in [3.63, 3.8) is 0 Å². The molecule has 0 radical (unpaired) electrons. The van der Waals surface area contributed by atoms with Gasteiger partial charge in [0.05, 0.1) is 36.7 Å². The van der Waals surface area contributed by atoms with Gasteiger partial charge in [0.25, 0.3) is 11.8 Å². The summed E-state index contributed by atoms with van der Waals surface area (Å²) in [6.07, 6.45) is 3.26. The summed E-state index contributed by atoms with van der Waals surface area (Å²) in [4.78, 5) is 53.5. The molecule has 2 aliphatic heterocycles. The van der Waals surface area contributed by atoms with Crippen LogP contribution in [0.5, 0.6) is 11.5 Å². The fraction of sp³-hybridized carbons (Fsp3) is 0.538. The van der Waals surface area contributed by atoms with Gasteiger partial charge in [0.15, 0.2) is 11.2 Å². The Hall–Kier alpha value is -3.65. The largest absolute Gasteiger partial charge is 0.476 e. The highest BCUT2D eigenvalue weighted by Crippen LogP contribution is 2.41. The zero-order chi connectivity index (χ0) is 39.7. The predicted octanol–water partition coefficient (Wildman–Crippen LogP) is 6.64. The standard InChI is InChI=1S/C22H31NO5Si.C17H22INO5/c1-22(2)21(25)23(11-8-9-12-26-3)18-15-17(20(24)27-4)16(14-19(18)28-22)10-13-29(5,6)7;1-17(2)16(21)19(7-5-6-8-22-3)13-9-11(15(20)23-4)12(18)10-14(13)24-17/h14-15H,8-9,11-12H2,1-7H3;9-10H,5-8H2,1-4H3. The molecule has 2 aromatic carbocycles. The van der Waals surface area contributed by atoms with Crippen molar-refractivity contribution in [3.8, 4) is 23.0 Å². The highest BCUT2D eigenvalue weighted by atomic mass is 127. The zero-order valence-electron chi connectivity index (χ0n) is 32.8. The summed E-state index contributed by atoms with van der Waals surface area (Å²) in [6.45, 7) is 15.8. The number of ether oxygens (including phenoxy) is 6. The maximum atomic E-state index is 13.0. The Kier molecular flexibility index (Phi) is 15.3. The molecule has 0 atom stereocenters. The fourth-order valence-corrected chi connectivity index (χ4v) is 6.75. The Balaban J connectivity index is 0.000000290. The van der Waals surface area contributed by atoms with Crippen LogP contribution < -0.4 is 19.3 Å². The summed E-state index contributed by atoms with van der Waals surface area (Å²) in [5.74, 6) is 3.12. The number of esters is 2. The zero-order valence-corrected chi connectivity index (χ0v) is 36.0. The summed E-state index contributed by atoms with van der Waals surface area (Å²) >= 11 is 2.07. The summed E-state index contributed by atoms with van der Waals surface area (Å²) < 4.78 is 32.5. The Labute approximate surface area is 328 Å². The van der Waals surface area contributed by atoms with Crippen LogP contribution in [0, 0.1) is 15.0 Å². The van der Waals surface area contributed by atoms with Crippen molar-refractivity contribution in [2.24, 2.45) is 0 Å². The van der Waals surface area contributed by atoms with E-state index in [0.717, 1.165) is 29.3 Å². The van der Waals surface area contributed by atoms with Gasteiger partial charge in [0, 0.05) is 49.7 Å². The number of anilines is 2. The Bertz CT molecular complexity index is 1740. The van der Waals surface area contributed by atoms with Crippen LogP contribution in [0.4, 0.5) is 11.4 Å². The van der Waals surface area contributed by atoms with E-state index in [2.05, 4.69) is 53.7 Å². The van der Waals surface area contributed by atoms with Crippen molar-refractivity contribution in [1.29, 1.82) is 0 Å². The maximum Gasteiger partial charge on any atom is 0.339 e. The molecule has 2 aliphatic rings. The first-order chi connectivity index (χ1) is 24.8. The summed E-state index contributed by atoms with van der Waals surface area (Å²) in [7, 11) is 4.34. The lowest BCUT2D eigenvalue weighted by molar-refractivity contribution is -0.133. The molecule has 0 saturated heterocycles. The van der Waals surface area contributed by atoms with Crippen LogP contribution in [-0.4, -0.2) is 97.8 Å². The molecule has 0 aliphatic carbocycles. The number of halogens is 1. The number of methoxy groups -OCH3 is 4. The lowest BCUT2D eigenvalue weighted by Crippen LogP contribution is -2.52. The first kappa shape index (κ1) is 43.7. The molecule has 0 aromatic heterocycles. The molecule has 0 saturated carbocycles. The number of rotatable bonds is 12. The van der Waals surface area contributed by atoms with E-state index in [9.17, 15) is 19.2 Å². The molecule has 0 bridgehead atoms. The lowest BCUT2D eigenvalue weighted by atomic mass is 9.99. The van der Waals surface area contributed by atoms with Crippen molar-refractivity contribution < 1.29 is 47.6 Å². The van der Waals surface area contributed by atoms with Crippen LogP contribution in [0.25, 0.3) is 0 Å². The van der Waals surface area contributed by atoms with Gasteiger partial charge in [-0.25, -0.2) is 9.59 Å². The van der Waals surface area contributed by atoms with Gasteiger partial charge in [0.1, 0.15) is 19.6 Å². The normalized spacial score (nSPS) is 15.4. The number of fused-ring (bicyclic) bond motifs is 2. The minimum absolute atomic E-state index is 0.121. The van der Waals surface area contributed by atoms with Crippen molar-refractivity contribution in [2.45, 2.75) is 84.2 Å². The summed E-state index contributed by atoms with van der Waals surface area (Å²) in [6, 6.07) is 6.87. The smallest absolute Gasteiger partial charge is 0.339 e. The van der Waals surface area contributed by atoms with E-state index >= 15 is 0 Å². The second-order valence-corrected chi connectivity index (χ2v) is 20.6. The van der Waals surface area contributed by atoms with Crippen molar-refractivity contribution in [3.05, 3.63) is 44.5 Å². The molecule has 0 N–H and O–H groups in total. The third-order valence-corrected chi connectivity index (χ3v) is 10.1. The van der Waals surface area contributed by atoms with Gasteiger partial charge in [-0.2, -0.15) is 0 Å². The minimum atomic E-state index is -1.65. The first-order valence-electron chi connectivity index (χ1n) is 17.5. The average molecular weight is 865 g/mol. The molecule has 14 heteroatoms. The quantitative estimate of drug-likeness (QED) is 0.0753. The molecular weight excluding hydrogens is 811 g/mol. The number of hydrogen-bond donors (Lipinski definition) is 0. The van der Waals surface area contributed by atoms with Crippen molar-refractivity contribution in [2.75, 3.05) is 64.5 Å². The first-order valence-corrected chi connectivity index (χ1v) is 22.1. The predicted molar refractivity (Wildman–Crippen MR) is 215 cm³/mol. The molecular formula is C39H53IN2O10Si. The van der Waals surface area contributed by atoms with E-state index in [4.69, 9.17) is 28.4 Å². The number of unbranched alkanes of at least 4 members (excludes halogenated alkanes) is 2. The molecule has 0 fully saturated rings. The highest BCUT2D eigenvalue weighted by Gasteiger charge is 2.42. The molecule has 12 nitrogen and oxygen atoms in total. The van der Waals surface area contributed by atoms with Gasteiger partial charge < -0.3 is 38.2 Å². The second kappa shape index (κ2) is 18.6. The fourth-order valence-electron chi connectivity index (χ4n) is 5.58. The topological polar surface area (TPSA) is 130 Å². The van der Waals surface area contributed by atoms with E-state index in [0.29, 0.717) is 65.9 Å². The summed E-state index contributed by atoms with van der Waals surface area (Å²) in [5.41, 5.74) is 3.86. The Morgan fingerprint density at radius 1 is 0.717 bits per heavy atom. The Morgan fingerprint density at radius 2 is 1.15 bits per heavy atom. The van der Waals surface area contributed by atoms with Gasteiger partial charge in [0.2, 0.25) is 0 Å². The van der Waals surface area contributed by atoms with Crippen molar-refractivity contribution in [1.82, 2.24) is 0 Å². The maximum absolute atomic E-state index is 13.0. The van der Waals surface area contributed by atoms with Crippen molar-refractivity contribution >= 4 is 65.8 Å². The highest BCUT2D eigenvalue weighted by molar-refractivity contribution is 14.1. The lowest BCUT2D eigenvalue weighted by Gasteiger charge is -2.39. The van der Waals surface area contributed by atoms with Gasteiger partial charge in [-0.15, -0.1) is 5.54 Å².